The molecule has 1 N–H and O–H groups in total. The predicted octanol–water partition coefficient (Wildman–Crippen LogP) is 1.69. The second-order valence-corrected chi connectivity index (χ2v) is 4.62. The van der Waals surface area contributed by atoms with Crippen LogP contribution in [0.3, 0.4) is 0 Å². The van der Waals surface area contributed by atoms with Crippen molar-refractivity contribution in [2.45, 2.75) is 38.8 Å². The molecule has 1 fully saturated rings. The molecule has 0 saturated heterocycles. The van der Waals surface area contributed by atoms with Crippen molar-refractivity contribution < 1.29 is 9.21 Å². The molecule has 0 aromatic carbocycles. The highest BCUT2D eigenvalue weighted by Gasteiger charge is 2.32. The van der Waals surface area contributed by atoms with Gasteiger partial charge >= 0.3 is 0 Å². The van der Waals surface area contributed by atoms with Crippen LogP contribution >= 0.6 is 0 Å². The summed E-state index contributed by atoms with van der Waals surface area (Å²) in [6.07, 6.45) is 2.82. The van der Waals surface area contributed by atoms with Crippen molar-refractivity contribution in [1.82, 2.24) is 10.2 Å². The molecule has 4 heteroatoms. The minimum absolute atomic E-state index is 0.218. The first-order valence-electron chi connectivity index (χ1n) is 6.20. The number of hydrogen-bond acceptors (Lipinski definition) is 3. The molecule has 0 bridgehead atoms. The van der Waals surface area contributed by atoms with Crippen LogP contribution in [0.25, 0.3) is 0 Å². The zero-order valence-electron chi connectivity index (χ0n) is 10.5. The van der Waals surface area contributed by atoms with Crippen LogP contribution in [0, 0.1) is 6.92 Å². The fourth-order valence-corrected chi connectivity index (χ4v) is 1.92. The summed E-state index contributed by atoms with van der Waals surface area (Å²) in [6.45, 7) is 3.27. The van der Waals surface area contributed by atoms with Gasteiger partial charge in [-0.2, -0.15) is 0 Å². The summed E-state index contributed by atoms with van der Waals surface area (Å²) in [5.74, 6) is 2.00. The van der Waals surface area contributed by atoms with E-state index < -0.39 is 0 Å². The van der Waals surface area contributed by atoms with E-state index in [2.05, 4.69) is 5.32 Å². The van der Waals surface area contributed by atoms with E-state index in [1.165, 1.54) is 0 Å². The van der Waals surface area contributed by atoms with Crippen molar-refractivity contribution in [3.8, 4) is 0 Å². The first-order valence-corrected chi connectivity index (χ1v) is 6.20. The molecule has 1 saturated carbocycles. The lowest BCUT2D eigenvalue weighted by molar-refractivity contribution is -0.132. The van der Waals surface area contributed by atoms with Crippen molar-refractivity contribution >= 4 is 5.91 Å². The maximum atomic E-state index is 12.0. The van der Waals surface area contributed by atoms with Gasteiger partial charge in [-0.25, -0.2) is 0 Å². The Hall–Kier alpha value is -1.29. The third-order valence-corrected chi connectivity index (χ3v) is 3.02. The second-order valence-electron chi connectivity index (χ2n) is 4.62. The van der Waals surface area contributed by atoms with Gasteiger partial charge in [0.1, 0.15) is 11.5 Å². The Kier molecular flexibility index (Phi) is 3.84. The van der Waals surface area contributed by atoms with E-state index in [0.717, 1.165) is 30.9 Å². The van der Waals surface area contributed by atoms with Gasteiger partial charge in [0.2, 0.25) is 5.91 Å². The van der Waals surface area contributed by atoms with Gasteiger partial charge < -0.3 is 14.6 Å². The van der Waals surface area contributed by atoms with E-state index in [1.54, 1.807) is 0 Å². The lowest BCUT2D eigenvalue weighted by atomic mass is 10.3. The molecule has 1 amide bonds. The van der Waals surface area contributed by atoms with E-state index in [0.29, 0.717) is 19.0 Å². The average molecular weight is 236 g/mol. The normalized spacial score (nSPS) is 14.9. The zero-order chi connectivity index (χ0) is 12.3. The van der Waals surface area contributed by atoms with Crippen LogP contribution < -0.4 is 5.32 Å². The summed E-state index contributed by atoms with van der Waals surface area (Å²) in [4.78, 5) is 14.0. The van der Waals surface area contributed by atoms with Gasteiger partial charge in [0.25, 0.3) is 0 Å². The van der Waals surface area contributed by atoms with Crippen molar-refractivity contribution in [3.05, 3.63) is 23.7 Å². The Morgan fingerprint density at radius 1 is 1.53 bits per heavy atom. The average Bonchev–Trinajstić information content (AvgIpc) is 3.07. The molecule has 0 aliphatic heterocycles. The maximum Gasteiger partial charge on any atom is 0.224 e. The van der Waals surface area contributed by atoms with E-state index in [1.807, 2.05) is 31.0 Å². The number of rotatable bonds is 6. The minimum Gasteiger partial charge on any atom is -0.464 e. The zero-order valence-corrected chi connectivity index (χ0v) is 10.5. The maximum absolute atomic E-state index is 12.0. The van der Waals surface area contributed by atoms with Crippen LogP contribution in [-0.2, 0) is 11.3 Å². The Morgan fingerprint density at radius 3 is 2.82 bits per heavy atom. The van der Waals surface area contributed by atoms with Crippen LogP contribution in [0.4, 0.5) is 0 Å². The molecular formula is C13H20N2O2. The highest BCUT2D eigenvalue weighted by atomic mass is 16.3. The van der Waals surface area contributed by atoms with Gasteiger partial charge in [0, 0.05) is 19.0 Å². The van der Waals surface area contributed by atoms with Crippen LogP contribution in [0.15, 0.2) is 16.5 Å². The third kappa shape index (κ3) is 3.33. The molecule has 1 aromatic rings. The van der Waals surface area contributed by atoms with Gasteiger partial charge in [-0.05, 0) is 38.9 Å². The topological polar surface area (TPSA) is 45.5 Å². The van der Waals surface area contributed by atoms with E-state index in [-0.39, 0.29) is 5.91 Å². The first kappa shape index (κ1) is 12.2. The third-order valence-electron chi connectivity index (χ3n) is 3.02. The standard InChI is InChI=1S/C13H20N2O2/c1-10-3-6-12(17-10)9-15(11-4-5-11)13(16)7-8-14-2/h3,6,11,14H,4-5,7-9H2,1-2H3. The van der Waals surface area contributed by atoms with Crippen molar-refractivity contribution in [3.63, 3.8) is 0 Å². The second kappa shape index (κ2) is 5.36. The summed E-state index contributed by atoms with van der Waals surface area (Å²) in [5, 5.41) is 3.01. The highest BCUT2D eigenvalue weighted by molar-refractivity contribution is 5.77. The summed E-state index contributed by atoms with van der Waals surface area (Å²) < 4.78 is 5.54. The Labute approximate surface area is 102 Å². The monoisotopic (exact) mass is 236 g/mol. The van der Waals surface area contributed by atoms with Gasteiger partial charge in [-0.15, -0.1) is 0 Å². The number of carbonyl (C=O) groups is 1. The molecule has 17 heavy (non-hydrogen) atoms. The Morgan fingerprint density at radius 2 is 2.29 bits per heavy atom. The number of nitrogens with zero attached hydrogens (tertiary/aromatic N) is 1. The molecule has 94 valence electrons. The number of furan rings is 1. The van der Waals surface area contributed by atoms with Crippen molar-refractivity contribution in [2.75, 3.05) is 13.6 Å². The molecule has 2 rings (SSSR count). The first-order chi connectivity index (χ1) is 8.20. The molecule has 1 aliphatic carbocycles. The number of carbonyl (C=O) groups excluding carboxylic acids is 1. The van der Waals surface area contributed by atoms with Gasteiger partial charge in [0.15, 0.2) is 0 Å². The summed E-state index contributed by atoms with van der Waals surface area (Å²) in [5.41, 5.74) is 0. The molecule has 1 aromatic heterocycles. The molecule has 0 unspecified atom stereocenters. The van der Waals surface area contributed by atoms with E-state index in [9.17, 15) is 4.79 Å². The summed E-state index contributed by atoms with van der Waals surface area (Å²) >= 11 is 0. The van der Waals surface area contributed by atoms with Crippen molar-refractivity contribution in [1.29, 1.82) is 0 Å². The SMILES string of the molecule is CNCCC(=O)N(Cc1ccc(C)o1)C1CC1. The number of hydrogen-bond donors (Lipinski definition) is 1. The number of nitrogens with one attached hydrogen (secondary N) is 1. The molecule has 0 atom stereocenters. The fraction of sp³-hybridized carbons (Fsp3) is 0.615. The quantitative estimate of drug-likeness (QED) is 0.817. The molecule has 0 radical (unpaired) electrons. The lowest BCUT2D eigenvalue weighted by Crippen LogP contribution is -2.34. The number of amides is 1. The summed E-state index contributed by atoms with van der Waals surface area (Å²) in [7, 11) is 1.87. The van der Waals surface area contributed by atoms with Crippen LogP contribution in [-0.4, -0.2) is 30.4 Å². The summed E-state index contributed by atoms with van der Waals surface area (Å²) in [6, 6.07) is 4.33. The molecule has 0 spiro atoms. The van der Waals surface area contributed by atoms with Gasteiger partial charge in [0.05, 0.1) is 6.54 Å². The highest BCUT2D eigenvalue weighted by Crippen LogP contribution is 2.29. The van der Waals surface area contributed by atoms with Crippen LogP contribution in [0.5, 0.6) is 0 Å². The molecular weight excluding hydrogens is 216 g/mol. The minimum atomic E-state index is 0.218. The Bertz CT molecular complexity index is 383. The largest absolute Gasteiger partial charge is 0.464 e. The van der Waals surface area contributed by atoms with Crippen LogP contribution in [0.2, 0.25) is 0 Å². The fourth-order valence-electron chi connectivity index (χ4n) is 1.92. The molecule has 4 nitrogen and oxygen atoms in total. The van der Waals surface area contributed by atoms with Gasteiger partial charge in [-0.3, -0.25) is 4.79 Å². The molecule has 1 aliphatic rings. The predicted molar refractivity (Wildman–Crippen MR) is 65.6 cm³/mol. The van der Waals surface area contributed by atoms with Gasteiger partial charge in [-0.1, -0.05) is 0 Å². The van der Waals surface area contributed by atoms with Crippen LogP contribution in [0.1, 0.15) is 30.8 Å². The van der Waals surface area contributed by atoms with Crippen molar-refractivity contribution in [2.24, 2.45) is 0 Å². The van der Waals surface area contributed by atoms with E-state index >= 15 is 0 Å². The molecule has 1 heterocycles. The Balaban J connectivity index is 1.95. The smallest absolute Gasteiger partial charge is 0.224 e. The lowest BCUT2D eigenvalue weighted by Gasteiger charge is -2.21. The van der Waals surface area contributed by atoms with E-state index in [4.69, 9.17) is 4.42 Å². The number of aryl methyl sites for hydroxylation is 1.